The molecule has 3 N–H and O–H groups in total. The van der Waals surface area contributed by atoms with E-state index in [9.17, 15) is 0 Å². The van der Waals surface area contributed by atoms with Crippen LogP contribution in [0.25, 0.3) is 0 Å². The zero-order valence-electron chi connectivity index (χ0n) is 8.73. The Morgan fingerprint density at radius 2 is 2.33 bits per heavy atom. The third-order valence-electron chi connectivity index (χ3n) is 2.68. The maximum atomic E-state index is 5.57. The molecule has 0 aliphatic carbocycles. The first kappa shape index (κ1) is 9.98. The Morgan fingerprint density at radius 3 is 3.07 bits per heavy atom. The molecule has 0 amide bonds. The summed E-state index contributed by atoms with van der Waals surface area (Å²) in [6.45, 7) is 0.711. The van der Waals surface area contributed by atoms with E-state index in [2.05, 4.69) is 16.5 Å². The van der Waals surface area contributed by atoms with Gasteiger partial charge in [0, 0.05) is 18.5 Å². The van der Waals surface area contributed by atoms with Gasteiger partial charge in [0.2, 0.25) is 0 Å². The summed E-state index contributed by atoms with van der Waals surface area (Å²) in [5.74, 6) is 7.42. The molecule has 1 aliphatic heterocycles. The van der Waals surface area contributed by atoms with E-state index in [1.165, 1.54) is 0 Å². The average molecular weight is 205 g/mol. The summed E-state index contributed by atoms with van der Waals surface area (Å²) in [5, 5.41) is 0. The lowest BCUT2D eigenvalue weighted by Gasteiger charge is -2.26. The van der Waals surface area contributed by atoms with E-state index in [0.29, 0.717) is 6.61 Å². The SMILES string of the molecule is CN=C(NN)C1CCOc2ccccc21. The maximum absolute atomic E-state index is 5.57. The normalized spacial score (nSPS) is 20.4. The fraction of sp³-hybridized carbons (Fsp3) is 0.364. The van der Waals surface area contributed by atoms with Crippen molar-refractivity contribution in [3.8, 4) is 5.75 Å². The van der Waals surface area contributed by atoms with Crippen molar-refractivity contribution in [2.24, 2.45) is 10.8 Å². The minimum Gasteiger partial charge on any atom is -0.493 e. The van der Waals surface area contributed by atoms with Gasteiger partial charge in [0.25, 0.3) is 0 Å². The summed E-state index contributed by atoms with van der Waals surface area (Å²) in [7, 11) is 1.74. The van der Waals surface area contributed by atoms with Crippen LogP contribution in [0.2, 0.25) is 0 Å². The third-order valence-corrected chi connectivity index (χ3v) is 2.68. The maximum Gasteiger partial charge on any atom is 0.123 e. The first-order valence-corrected chi connectivity index (χ1v) is 5.02. The molecule has 1 aromatic rings. The van der Waals surface area contributed by atoms with Gasteiger partial charge in [-0.05, 0) is 12.5 Å². The van der Waals surface area contributed by atoms with E-state index < -0.39 is 0 Å². The summed E-state index contributed by atoms with van der Waals surface area (Å²) in [6.07, 6.45) is 0.911. The molecule has 0 fully saturated rings. The number of amidine groups is 1. The molecule has 0 radical (unpaired) electrons. The molecule has 4 heteroatoms. The van der Waals surface area contributed by atoms with E-state index in [0.717, 1.165) is 23.6 Å². The zero-order chi connectivity index (χ0) is 10.7. The highest BCUT2D eigenvalue weighted by molar-refractivity contribution is 5.89. The second kappa shape index (κ2) is 4.31. The molecule has 1 aliphatic rings. The van der Waals surface area contributed by atoms with Crippen LogP contribution in [0.4, 0.5) is 0 Å². The largest absolute Gasteiger partial charge is 0.493 e. The van der Waals surface area contributed by atoms with Crippen LogP contribution in [0.15, 0.2) is 29.3 Å². The molecule has 1 aromatic carbocycles. The molecule has 1 atom stereocenters. The van der Waals surface area contributed by atoms with Crippen LogP contribution < -0.4 is 16.0 Å². The number of nitrogens with two attached hydrogens (primary N) is 1. The lowest BCUT2D eigenvalue weighted by atomic mass is 9.92. The number of fused-ring (bicyclic) bond motifs is 1. The number of aliphatic imine (C=N–C) groups is 1. The lowest BCUT2D eigenvalue weighted by molar-refractivity contribution is 0.281. The Morgan fingerprint density at radius 1 is 1.53 bits per heavy atom. The van der Waals surface area contributed by atoms with Gasteiger partial charge in [-0.15, -0.1) is 0 Å². The quantitative estimate of drug-likeness (QED) is 0.312. The number of nitrogens with one attached hydrogen (secondary N) is 1. The third kappa shape index (κ3) is 1.80. The van der Waals surface area contributed by atoms with Crippen LogP contribution in [-0.4, -0.2) is 19.5 Å². The Balaban J connectivity index is 2.37. The Labute approximate surface area is 89.1 Å². The fourth-order valence-electron chi connectivity index (χ4n) is 1.95. The molecule has 4 nitrogen and oxygen atoms in total. The number of benzene rings is 1. The summed E-state index contributed by atoms with van der Waals surface area (Å²) in [5.41, 5.74) is 3.81. The first-order valence-electron chi connectivity index (χ1n) is 5.02. The molecule has 0 bridgehead atoms. The molecular weight excluding hydrogens is 190 g/mol. The highest BCUT2D eigenvalue weighted by Gasteiger charge is 2.24. The number of hydrazine groups is 1. The predicted octanol–water partition coefficient (Wildman–Crippen LogP) is 1.04. The molecule has 0 saturated heterocycles. The van der Waals surface area contributed by atoms with E-state index in [-0.39, 0.29) is 5.92 Å². The number of nitrogens with zero attached hydrogens (tertiary/aromatic N) is 1. The van der Waals surface area contributed by atoms with Crippen molar-refractivity contribution in [1.29, 1.82) is 0 Å². The molecule has 15 heavy (non-hydrogen) atoms. The number of hydrogen-bond acceptors (Lipinski definition) is 3. The van der Waals surface area contributed by atoms with Crippen molar-refractivity contribution in [1.82, 2.24) is 5.43 Å². The molecule has 1 unspecified atom stereocenters. The van der Waals surface area contributed by atoms with Crippen LogP contribution >= 0.6 is 0 Å². The van der Waals surface area contributed by atoms with E-state index in [1.54, 1.807) is 7.05 Å². The van der Waals surface area contributed by atoms with Crippen molar-refractivity contribution in [3.05, 3.63) is 29.8 Å². The topological polar surface area (TPSA) is 59.6 Å². The van der Waals surface area contributed by atoms with Crippen LogP contribution in [0, 0.1) is 0 Å². The number of hydrogen-bond donors (Lipinski definition) is 2. The van der Waals surface area contributed by atoms with Crippen molar-refractivity contribution >= 4 is 5.84 Å². The summed E-state index contributed by atoms with van der Waals surface area (Å²) in [6, 6.07) is 8.01. The van der Waals surface area contributed by atoms with Gasteiger partial charge in [0.15, 0.2) is 0 Å². The molecule has 1 heterocycles. The van der Waals surface area contributed by atoms with Gasteiger partial charge in [-0.25, -0.2) is 5.84 Å². The minimum atomic E-state index is 0.227. The molecular formula is C11H15N3O. The second-order valence-electron chi connectivity index (χ2n) is 3.48. The Hall–Kier alpha value is -1.55. The second-order valence-corrected chi connectivity index (χ2v) is 3.48. The first-order chi connectivity index (χ1) is 7.36. The minimum absolute atomic E-state index is 0.227. The van der Waals surface area contributed by atoms with Crippen LogP contribution in [0.1, 0.15) is 17.9 Å². The van der Waals surface area contributed by atoms with E-state index >= 15 is 0 Å². The van der Waals surface area contributed by atoms with E-state index in [1.807, 2.05) is 18.2 Å². The van der Waals surface area contributed by atoms with Crippen LogP contribution in [-0.2, 0) is 0 Å². The highest BCUT2D eigenvalue weighted by Crippen LogP contribution is 2.33. The van der Waals surface area contributed by atoms with Crippen molar-refractivity contribution in [2.45, 2.75) is 12.3 Å². The van der Waals surface area contributed by atoms with Gasteiger partial charge in [-0.2, -0.15) is 0 Å². The average Bonchev–Trinajstić information content (AvgIpc) is 2.31. The van der Waals surface area contributed by atoms with Gasteiger partial charge in [0.1, 0.15) is 11.6 Å². The van der Waals surface area contributed by atoms with Gasteiger partial charge in [-0.1, -0.05) is 18.2 Å². The molecule has 0 saturated carbocycles. The lowest BCUT2D eigenvalue weighted by Crippen LogP contribution is -2.37. The predicted molar refractivity (Wildman–Crippen MR) is 60.0 cm³/mol. The van der Waals surface area contributed by atoms with Crippen LogP contribution in [0.3, 0.4) is 0 Å². The summed E-state index contributed by atoms with van der Waals surface area (Å²) < 4.78 is 5.57. The Bertz CT molecular complexity index is 376. The molecule has 80 valence electrons. The van der Waals surface area contributed by atoms with Crippen molar-refractivity contribution in [2.75, 3.05) is 13.7 Å². The van der Waals surface area contributed by atoms with Gasteiger partial charge < -0.3 is 10.2 Å². The van der Waals surface area contributed by atoms with Crippen molar-refractivity contribution < 1.29 is 4.74 Å². The van der Waals surface area contributed by atoms with Gasteiger partial charge >= 0.3 is 0 Å². The molecule has 0 spiro atoms. The fourth-order valence-corrected chi connectivity index (χ4v) is 1.95. The number of para-hydroxylation sites is 1. The van der Waals surface area contributed by atoms with Gasteiger partial charge in [-0.3, -0.25) is 4.99 Å². The monoisotopic (exact) mass is 205 g/mol. The van der Waals surface area contributed by atoms with Crippen molar-refractivity contribution in [3.63, 3.8) is 0 Å². The smallest absolute Gasteiger partial charge is 0.123 e. The number of ether oxygens (including phenoxy) is 1. The summed E-state index contributed by atoms with van der Waals surface area (Å²) >= 11 is 0. The number of rotatable bonds is 1. The Kier molecular flexibility index (Phi) is 2.87. The zero-order valence-corrected chi connectivity index (χ0v) is 8.73. The van der Waals surface area contributed by atoms with E-state index in [4.69, 9.17) is 10.6 Å². The van der Waals surface area contributed by atoms with Gasteiger partial charge in [0.05, 0.1) is 6.61 Å². The summed E-state index contributed by atoms with van der Waals surface area (Å²) in [4.78, 5) is 4.15. The molecule has 2 rings (SSSR count). The molecule has 0 aromatic heterocycles. The standard InChI is InChI=1S/C11H15N3O/c1-13-11(14-12)9-6-7-15-10-5-3-2-4-8(9)10/h2-5,9H,6-7,12H2,1H3,(H,13,14). The highest BCUT2D eigenvalue weighted by atomic mass is 16.5. The van der Waals surface area contributed by atoms with Crippen LogP contribution in [0.5, 0.6) is 5.75 Å².